The highest BCUT2D eigenvalue weighted by Gasteiger charge is 2.10. The van der Waals surface area contributed by atoms with Gasteiger partial charge in [0.15, 0.2) is 0 Å². The zero-order valence-corrected chi connectivity index (χ0v) is 12.5. The van der Waals surface area contributed by atoms with Gasteiger partial charge in [0.1, 0.15) is 0 Å². The van der Waals surface area contributed by atoms with Crippen molar-refractivity contribution in [3.8, 4) is 0 Å². The van der Waals surface area contributed by atoms with E-state index in [1.165, 1.54) is 16.9 Å². The molecule has 4 heteroatoms. The number of anilines is 2. The molecule has 106 valence electrons. The predicted octanol–water partition coefficient (Wildman–Crippen LogP) is 4.30. The Bertz CT molecular complexity index is 790. The number of rotatable bonds is 3. The van der Waals surface area contributed by atoms with Crippen molar-refractivity contribution in [3.63, 3.8) is 0 Å². The van der Waals surface area contributed by atoms with E-state index in [4.69, 9.17) is 5.73 Å². The summed E-state index contributed by atoms with van der Waals surface area (Å²) in [4.78, 5) is 13.0. The zero-order chi connectivity index (χ0) is 14.8. The molecule has 0 saturated carbocycles. The Kier molecular flexibility index (Phi) is 3.62. The van der Waals surface area contributed by atoms with Gasteiger partial charge in [0.2, 0.25) is 0 Å². The summed E-state index contributed by atoms with van der Waals surface area (Å²) in [7, 11) is 0. The molecule has 1 aromatic heterocycles. The van der Waals surface area contributed by atoms with E-state index >= 15 is 0 Å². The maximum atomic E-state index is 12.3. The average molecular weight is 296 g/mol. The van der Waals surface area contributed by atoms with Crippen LogP contribution in [0.5, 0.6) is 0 Å². The van der Waals surface area contributed by atoms with Crippen molar-refractivity contribution >= 4 is 38.7 Å². The van der Waals surface area contributed by atoms with Gasteiger partial charge in [0, 0.05) is 16.1 Å². The average Bonchev–Trinajstić information content (AvgIpc) is 2.91. The largest absolute Gasteiger partial charge is 0.399 e. The number of hydrogen-bond donors (Lipinski definition) is 2. The Balaban J connectivity index is 1.82. The third-order valence-corrected chi connectivity index (χ3v) is 4.50. The molecule has 3 nitrogen and oxygen atoms in total. The van der Waals surface area contributed by atoms with Crippen LogP contribution in [0.15, 0.2) is 48.5 Å². The van der Waals surface area contributed by atoms with Crippen molar-refractivity contribution in [2.24, 2.45) is 0 Å². The summed E-state index contributed by atoms with van der Waals surface area (Å²) in [6, 6.07) is 15.5. The van der Waals surface area contributed by atoms with E-state index in [1.54, 1.807) is 0 Å². The summed E-state index contributed by atoms with van der Waals surface area (Å²) in [5.74, 6) is -0.0842. The van der Waals surface area contributed by atoms with Gasteiger partial charge in [0.05, 0.1) is 4.88 Å². The maximum Gasteiger partial charge on any atom is 0.265 e. The molecule has 1 heterocycles. The highest BCUT2D eigenvalue weighted by atomic mass is 32.1. The smallest absolute Gasteiger partial charge is 0.265 e. The fourth-order valence-electron chi connectivity index (χ4n) is 2.19. The standard InChI is InChI=1S/C17H16N2OS/c1-2-11-3-6-14(7-4-11)19-17(20)16-10-12-9-13(18)5-8-15(12)21-16/h3-10H,2,18H2,1H3,(H,19,20). The summed E-state index contributed by atoms with van der Waals surface area (Å²) in [5.41, 5.74) is 8.54. The van der Waals surface area contributed by atoms with Crippen LogP contribution in [0.2, 0.25) is 0 Å². The Labute approximate surface area is 127 Å². The first-order valence-corrected chi connectivity index (χ1v) is 7.66. The number of nitrogens with one attached hydrogen (secondary N) is 1. The second-order valence-electron chi connectivity index (χ2n) is 4.91. The Morgan fingerprint density at radius 3 is 2.62 bits per heavy atom. The molecular formula is C17H16N2OS. The molecule has 21 heavy (non-hydrogen) atoms. The molecule has 0 spiro atoms. The van der Waals surface area contributed by atoms with E-state index in [2.05, 4.69) is 12.2 Å². The Hall–Kier alpha value is -2.33. The molecule has 0 aliphatic rings. The number of nitrogens with two attached hydrogens (primary N) is 1. The van der Waals surface area contributed by atoms with Gasteiger partial charge >= 0.3 is 0 Å². The monoisotopic (exact) mass is 296 g/mol. The van der Waals surface area contributed by atoms with Gasteiger partial charge in [-0.3, -0.25) is 4.79 Å². The van der Waals surface area contributed by atoms with Gasteiger partial charge in [-0.1, -0.05) is 19.1 Å². The predicted molar refractivity (Wildman–Crippen MR) is 90.0 cm³/mol. The number of carbonyl (C=O) groups excluding carboxylic acids is 1. The highest BCUT2D eigenvalue weighted by Crippen LogP contribution is 2.28. The Morgan fingerprint density at radius 1 is 1.14 bits per heavy atom. The Morgan fingerprint density at radius 2 is 1.90 bits per heavy atom. The van der Waals surface area contributed by atoms with Crippen molar-refractivity contribution in [1.82, 2.24) is 0 Å². The minimum Gasteiger partial charge on any atom is -0.399 e. The normalized spacial score (nSPS) is 10.7. The first-order chi connectivity index (χ1) is 10.2. The van der Waals surface area contributed by atoms with Crippen LogP contribution >= 0.6 is 11.3 Å². The highest BCUT2D eigenvalue weighted by molar-refractivity contribution is 7.20. The van der Waals surface area contributed by atoms with Crippen LogP contribution in [-0.2, 0) is 6.42 Å². The van der Waals surface area contributed by atoms with Crippen molar-refractivity contribution in [2.75, 3.05) is 11.1 Å². The molecule has 0 aliphatic carbocycles. The zero-order valence-electron chi connectivity index (χ0n) is 11.7. The molecule has 0 fully saturated rings. The second-order valence-corrected chi connectivity index (χ2v) is 6.00. The lowest BCUT2D eigenvalue weighted by molar-refractivity contribution is 0.103. The molecule has 0 saturated heterocycles. The fraction of sp³-hybridized carbons (Fsp3) is 0.118. The molecule has 2 aromatic carbocycles. The number of benzene rings is 2. The lowest BCUT2D eigenvalue weighted by Gasteiger charge is -2.04. The van der Waals surface area contributed by atoms with E-state index in [9.17, 15) is 4.79 Å². The molecule has 0 unspecified atom stereocenters. The molecule has 3 aromatic rings. The van der Waals surface area contributed by atoms with E-state index in [-0.39, 0.29) is 5.91 Å². The van der Waals surface area contributed by atoms with E-state index in [0.29, 0.717) is 10.6 Å². The summed E-state index contributed by atoms with van der Waals surface area (Å²) in [5, 5.41) is 3.93. The molecule has 3 N–H and O–H groups in total. The second kappa shape index (κ2) is 5.58. The van der Waals surface area contributed by atoms with Crippen LogP contribution < -0.4 is 11.1 Å². The first kappa shape index (κ1) is 13.6. The van der Waals surface area contributed by atoms with Crippen LogP contribution in [-0.4, -0.2) is 5.91 Å². The van der Waals surface area contributed by atoms with Crippen LogP contribution in [0.25, 0.3) is 10.1 Å². The van der Waals surface area contributed by atoms with Crippen LogP contribution in [0.1, 0.15) is 22.2 Å². The molecule has 0 radical (unpaired) electrons. The molecule has 0 bridgehead atoms. The van der Waals surface area contributed by atoms with Gasteiger partial charge in [0.25, 0.3) is 5.91 Å². The molecule has 1 amide bonds. The SMILES string of the molecule is CCc1ccc(NC(=O)c2cc3cc(N)ccc3s2)cc1. The van der Waals surface area contributed by atoms with Crippen LogP contribution in [0.4, 0.5) is 11.4 Å². The topological polar surface area (TPSA) is 55.1 Å². The van der Waals surface area contributed by atoms with Crippen molar-refractivity contribution < 1.29 is 4.79 Å². The van der Waals surface area contributed by atoms with Gasteiger partial charge in [-0.05, 0) is 53.8 Å². The number of fused-ring (bicyclic) bond motifs is 1. The van der Waals surface area contributed by atoms with E-state index in [0.717, 1.165) is 22.2 Å². The number of amides is 1. The number of nitrogen functional groups attached to an aromatic ring is 1. The molecule has 0 aliphatic heterocycles. The summed E-state index contributed by atoms with van der Waals surface area (Å²) in [6.45, 7) is 2.11. The maximum absolute atomic E-state index is 12.3. The third kappa shape index (κ3) is 2.90. The van der Waals surface area contributed by atoms with E-state index in [1.807, 2.05) is 48.5 Å². The fourth-order valence-corrected chi connectivity index (χ4v) is 3.13. The minimum absolute atomic E-state index is 0.0842. The summed E-state index contributed by atoms with van der Waals surface area (Å²) in [6.07, 6.45) is 0.992. The lowest BCUT2D eigenvalue weighted by atomic mass is 10.1. The number of hydrogen-bond acceptors (Lipinski definition) is 3. The quantitative estimate of drug-likeness (QED) is 0.708. The number of carbonyl (C=O) groups is 1. The van der Waals surface area contributed by atoms with Crippen molar-refractivity contribution in [1.29, 1.82) is 0 Å². The van der Waals surface area contributed by atoms with Crippen LogP contribution in [0.3, 0.4) is 0 Å². The lowest BCUT2D eigenvalue weighted by Crippen LogP contribution is -2.09. The molecule has 0 atom stereocenters. The van der Waals surface area contributed by atoms with Gasteiger partial charge in [-0.15, -0.1) is 11.3 Å². The van der Waals surface area contributed by atoms with Gasteiger partial charge in [-0.25, -0.2) is 0 Å². The first-order valence-electron chi connectivity index (χ1n) is 6.85. The van der Waals surface area contributed by atoms with Crippen molar-refractivity contribution in [2.45, 2.75) is 13.3 Å². The van der Waals surface area contributed by atoms with Crippen molar-refractivity contribution in [3.05, 3.63) is 59.0 Å². The number of thiophene rings is 1. The van der Waals surface area contributed by atoms with Gasteiger partial charge < -0.3 is 11.1 Å². The summed E-state index contributed by atoms with van der Waals surface area (Å²) >= 11 is 1.47. The third-order valence-electron chi connectivity index (χ3n) is 3.38. The molecule has 3 rings (SSSR count). The summed E-state index contributed by atoms with van der Waals surface area (Å²) < 4.78 is 1.07. The number of aryl methyl sites for hydroxylation is 1. The molecular weight excluding hydrogens is 280 g/mol. The van der Waals surface area contributed by atoms with Crippen LogP contribution in [0, 0.1) is 0 Å². The van der Waals surface area contributed by atoms with E-state index < -0.39 is 0 Å². The van der Waals surface area contributed by atoms with Gasteiger partial charge in [-0.2, -0.15) is 0 Å². The minimum atomic E-state index is -0.0842.